The first-order valence-corrected chi connectivity index (χ1v) is 6.77. The van der Waals surface area contributed by atoms with Crippen molar-refractivity contribution < 1.29 is 9.90 Å². The highest BCUT2D eigenvalue weighted by atomic mass is 35.5. The highest BCUT2D eigenvalue weighted by molar-refractivity contribution is 6.36. The van der Waals surface area contributed by atoms with Gasteiger partial charge in [-0.2, -0.15) is 0 Å². The maximum Gasteiger partial charge on any atom is 0.355 e. The van der Waals surface area contributed by atoms with E-state index in [9.17, 15) is 9.90 Å². The fraction of sp³-hybridized carbons (Fsp3) is 0. The number of fused-ring (bicyclic) bond motifs is 1. The third-order valence-corrected chi connectivity index (χ3v) is 3.54. The number of rotatable bonds is 2. The largest absolute Gasteiger partial charge is 0.476 e. The lowest BCUT2D eigenvalue weighted by Crippen LogP contribution is -2.05. The molecule has 4 nitrogen and oxygen atoms in total. The molecule has 0 aliphatic carbocycles. The second-order valence-corrected chi connectivity index (χ2v) is 5.19. The number of carboxylic acid groups (broad SMARTS) is 1. The lowest BCUT2D eigenvalue weighted by molar-refractivity contribution is 0.0693. The number of halogens is 2. The molecule has 21 heavy (non-hydrogen) atoms. The van der Waals surface area contributed by atoms with Crippen LogP contribution in [0, 0.1) is 0 Å². The van der Waals surface area contributed by atoms with Gasteiger partial charge < -0.3 is 5.11 Å². The summed E-state index contributed by atoms with van der Waals surface area (Å²) in [6, 6.07) is 11.9. The van der Waals surface area contributed by atoms with Gasteiger partial charge in [-0.1, -0.05) is 29.3 Å². The highest BCUT2D eigenvalue weighted by Crippen LogP contribution is 2.28. The molecule has 2 aromatic carbocycles. The van der Waals surface area contributed by atoms with Crippen molar-refractivity contribution in [1.29, 1.82) is 0 Å². The molecule has 1 N–H and O–H groups in total. The lowest BCUT2D eigenvalue weighted by Gasteiger charge is -2.07. The van der Waals surface area contributed by atoms with Gasteiger partial charge >= 0.3 is 5.97 Å². The molecule has 0 saturated heterocycles. The Kier molecular flexibility index (Phi) is 3.49. The summed E-state index contributed by atoms with van der Waals surface area (Å²) in [6.07, 6.45) is 0. The second kappa shape index (κ2) is 5.31. The Bertz CT molecular complexity index is 848. The minimum atomic E-state index is -1.15. The van der Waals surface area contributed by atoms with Crippen molar-refractivity contribution in [3.63, 3.8) is 0 Å². The summed E-state index contributed by atoms with van der Waals surface area (Å²) in [5.74, 6) is -0.829. The van der Waals surface area contributed by atoms with E-state index in [0.717, 1.165) is 0 Å². The summed E-state index contributed by atoms with van der Waals surface area (Å²) in [7, 11) is 0. The Morgan fingerprint density at radius 2 is 1.71 bits per heavy atom. The molecule has 1 heterocycles. The summed E-state index contributed by atoms with van der Waals surface area (Å²) < 4.78 is 0. The van der Waals surface area contributed by atoms with Crippen molar-refractivity contribution in [2.24, 2.45) is 0 Å². The van der Waals surface area contributed by atoms with E-state index in [4.69, 9.17) is 23.2 Å². The molecule has 1 aromatic heterocycles. The number of hydrogen-bond donors (Lipinski definition) is 1. The zero-order valence-electron chi connectivity index (χ0n) is 10.5. The number of carbonyl (C=O) groups is 1. The van der Waals surface area contributed by atoms with E-state index in [1.165, 1.54) is 0 Å². The quantitative estimate of drug-likeness (QED) is 0.765. The van der Waals surface area contributed by atoms with E-state index in [2.05, 4.69) is 9.97 Å². The predicted octanol–water partition coefficient (Wildman–Crippen LogP) is 4.30. The summed E-state index contributed by atoms with van der Waals surface area (Å²) in [5.41, 5.74) is 1.05. The van der Waals surface area contributed by atoms with Gasteiger partial charge in [0.1, 0.15) is 0 Å². The van der Waals surface area contributed by atoms with Crippen molar-refractivity contribution in [1.82, 2.24) is 9.97 Å². The standard InChI is InChI=1S/C15H8Cl2N2O2/c16-9-6-4-8(5-7-9)14-18-11-3-1-2-10(17)12(11)13(19-14)15(20)21/h1-7H,(H,20,21). The monoisotopic (exact) mass is 318 g/mol. The molecule has 0 aliphatic heterocycles. The molecule has 0 saturated carbocycles. The van der Waals surface area contributed by atoms with E-state index in [1.54, 1.807) is 42.5 Å². The minimum Gasteiger partial charge on any atom is -0.476 e. The first kappa shape index (κ1) is 13.8. The third kappa shape index (κ3) is 2.55. The van der Waals surface area contributed by atoms with Crippen LogP contribution in [0.1, 0.15) is 10.5 Å². The molecule has 0 atom stereocenters. The van der Waals surface area contributed by atoms with Gasteiger partial charge in [-0.25, -0.2) is 14.8 Å². The first-order chi connectivity index (χ1) is 10.1. The second-order valence-electron chi connectivity index (χ2n) is 4.34. The Morgan fingerprint density at radius 1 is 1.00 bits per heavy atom. The molecule has 0 radical (unpaired) electrons. The van der Waals surface area contributed by atoms with Crippen molar-refractivity contribution in [2.75, 3.05) is 0 Å². The Labute approximate surface area is 130 Å². The van der Waals surface area contributed by atoms with Gasteiger partial charge in [0.25, 0.3) is 0 Å². The maximum atomic E-state index is 11.4. The van der Waals surface area contributed by atoms with Gasteiger partial charge in [-0.05, 0) is 36.4 Å². The van der Waals surface area contributed by atoms with Crippen LogP contribution in [0.15, 0.2) is 42.5 Å². The van der Waals surface area contributed by atoms with Crippen LogP contribution in [-0.2, 0) is 0 Å². The zero-order chi connectivity index (χ0) is 15.0. The average Bonchev–Trinajstić information content (AvgIpc) is 2.47. The summed E-state index contributed by atoms with van der Waals surface area (Å²) in [6.45, 7) is 0. The summed E-state index contributed by atoms with van der Waals surface area (Å²) in [4.78, 5) is 19.9. The lowest BCUT2D eigenvalue weighted by atomic mass is 10.1. The van der Waals surface area contributed by atoms with Crippen LogP contribution >= 0.6 is 23.2 Å². The molecule has 0 amide bonds. The van der Waals surface area contributed by atoms with Crippen molar-refractivity contribution in [2.45, 2.75) is 0 Å². The van der Waals surface area contributed by atoms with E-state index >= 15 is 0 Å². The first-order valence-electron chi connectivity index (χ1n) is 6.02. The van der Waals surface area contributed by atoms with Crippen LogP contribution < -0.4 is 0 Å². The SMILES string of the molecule is O=C(O)c1nc(-c2ccc(Cl)cc2)nc2cccc(Cl)c12. The third-order valence-electron chi connectivity index (χ3n) is 2.98. The fourth-order valence-electron chi connectivity index (χ4n) is 2.02. The van der Waals surface area contributed by atoms with E-state index in [0.29, 0.717) is 32.3 Å². The molecular formula is C15H8Cl2N2O2. The maximum absolute atomic E-state index is 11.4. The normalized spacial score (nSPS) is 10.8. The molecule has 3 rings (SSSR count). The Balaban J connectivity index is 2.31. The molecule has 0 aliphatic rings. The molecule has 104 valence electrons. The molecular weight excluding hydrogens is 311 g/mol. The average molecular weight is 319 g/mol. The van der Waals surface area contributed by atoms with Crippen LogP contribution in [0.3, 0.4) is 0 Å². The van der Waals surface area contributed by atoms with Crippen LogP contribution in [0.2, 0.25) is 10.0 Å². The number of aromatic carboxylic acids is 1. The number of carboxylic acids is 1. The van der Waals surface area contributed by atoms with Crippen LogP contribution in [0.5, 0.6) is 0 Å². The van der Waals surface area contributed by atoms with E-state index in [1.807, 2.05) is 0 Å². The minimum absolute atomic E-state index is 0.115. The smallest absolute Gasteiger partial charge is 0.355 e. The van der Waals surface area contributed by atoms with Gasteiger partial charge in [0.15, 0.2) is 11.5 Å². The van der Waals surface area contributed by atoms with E-state index in [-0.39, 0.29) is 5.69 Å². The number of aromatic nitrogens is 2. The van der Waals surface area contributed by atoms with Crippen molar-refractivity contribution in [3.05, 3.63) is 58.2 Å². The van der Waals surface area contributed by atoms with E-state index < -0.39 is 5.97 Å². The molecule has 0 unspecified atom stereocenters. The van der Waals surface area contributed by atoms with Gasteiger partial charge in [0, 0.05) is 10.6 Å². The molecule has 6 heteroatoms. The number of benzene rings is 2. The van der Waals surface area contributed by atoms with Gasteiger partial charge in [0.2, 0.25) is 0 Å². The summed E-state index contributed by atoms with van der Waals surface area (Å²) in [5, 5.41) is 10.6. The molecule has 3 aromatic rings. The predicted molar refractivity (Wildman–Crippen MR) is 82.0 cm³/mol. The van der Waals surface area contributed by atoms with Crippen LogP contribution in [0.25, 0.3) is 22.3 Å². The van der Waals surface area contributed by atoms with Crippen molar-refractivity contribution >= 4 is 40.1 Å². The Hall–Kier alpha value is -2.17. The van der Waals surface area contributed by atoms with Gasteiger partial charge in [-0.3, -0.25) is 0 Å². The Morgan fingerprint density at radius 3 is 2.38 bits per heavy atom. The zero-order valence-corrected chi connectivity index (χ0v) is 12.1. The number of nitrogens with zero attached hydrogens (tertiary/aromatic N) is 2. The van der Waals surface area contributed by atoms with Crippen LogP contribution in [-0.4, -0.2) is 21.0 Å². The molecule has 0 spiro atoms. The topological polar surface area (TPSA) is 63.1 Å². The van der Waals surface area contributed by atoms with Gasteiger partial charge in [0.05, 0.1) is 15.9 Å². The molecule has 0 fully saturated rings. The van der Waals surface area contributed by atoms with Crippen LogP contribution in [0.4, 0.5) is 0 Å². The van der Waals surface area contributed by atoms with Crippen molar-refractivity contribution in [3.8, 4) is 11.4 Å². The molecule has 0 bridgehead atoms. The summed E-state index contributed by atoms with van der Waals surface area (Å²) >= 11 is 11.9. The fourth-order valence-corrected chi connectivity index (χ4v) is 2.41. The number of hydrogen-bond acceptors (Lipinski definition) is 3. The van der Waals surface area contributed by atoms with Gasteiger partial charge in [-0.15, -0.1) is 0 Å². The highest BCUT2D eigenvalue weighted by Gasteiger charge is 2.17.